The van der Waals surface area contributed by atoms with E-state index in [2.05, 4.69) is 25.8 Å². The molecule has 3 N–H and O–H groups in total. The first kappa shape index (κ1) is 20.4. The number of methoxy groups -OCH3 is 1. The topological polar surface area (TPSA) is 68.1 Å². The second-order valence-electron chi connectivity index (χ2n) is 7.96. The van der Waals surface area contributed by atoms with Crippen LogP contribution in [-0.4, -0.2) is 12.1 Å². The van der Waals surface area contributed by atoms with Gasteiger partial charge in [-0.25, -0.2) is 4.39 Å². The highest BCUT2D eigenvalue weighted by molar-refractivity contribution is 5.78. The summed E-state index contributed by atoms with van der Waals surface area (Å²) in [4.78, 5) is 14.8. The Hall–Kier alpha value is -3.34. The highest BCUT2D eigenvalue weighted by atomic mass is 19.1. The molecule has 0 bridgehead atoms. The minimum Gasteiger partial charge on any atom is -0.496 e. The minimum absolute atomic E-state index is 0.245. The highest BCUT2D eigenvalue weighted by Crippen LogP contribution is 2.38. The highest BCUT2D eigenvalue weighted by Gasteiger charge is 2.23. The summed E-state index contributed by atoms with van der Waals surface area (Å²) < 4.78 is 19.5. The average molecular weight is 392 g/mol. The van der Waals surface area contributed by atoms with Crippen LogP contribution < -0.4 is 16.0 Å². The summed E-state index contributed by atoms with van der Waals surface area (Å²) in [6.45, 7) is 6.20. The molecule has 0 spiro atoms. The first-order valence-corrected chi connectivity index (χ1v) is 9.34. The number of nitrogen functional groups attached to an aromatic ring is 1. The molecule has 0 radical (unpaired) electrons. The zero-order chi connectivity index (χ0) is 21.2. The number of pyridine rings is 1. The molecule has 5 heteroatoms. The van der Waals surface area contributed by atoms with Gasteiger partial charge in [-0.1, -0.05) is 45.1 Å². The maximum absolute atomic E-state index is 13.8. The summed E-state index contributed by atoms with van der Waals surface area (Å²) in [7, 11) is 1.62. The molecule has 0 aliphatic heterocycles. The van der Waals surface area contributed by atoms with Crippen LogP contribution in [0.25, 0.3) is 23.3 Å². The number of aromatic amines is 1. The fourth-order valence-corrected chi connectivity index (χ4v) is 3.18. The second-order valence-corrected chi connectivity index (χ2v) is 7.96. The number of benzene rings is 2. The lowest BCUT2D eigenvalue weighted by molar-refractivity contribution is 0.397. The summed E-state index contributed by atoms with van der Waals surface area (Å²) in [5.74, 6) is 0.229. The molecule has 0 saturated carbocycles. The van der Waals surface area contributed by atoms with E-state index in [0.29, 0.717) is 11.3 Å². The van der Waals surface area contributed by atoms with E-state index in [1.54, 1.807) is 7.11 Å². The van der Waals surface area contributed by atoms with Gasteiger partial charge in [-0.2, -0.15) is 0 Å². The predicted molar refractivity (Wildman–Crippen MR) is 117 cm³/mol. The number of anilines is 1. The van der Waals surface area contributed by atoms with Crippen molar-refractivity contribution in [1.82, 2.24) is 4.98 Å². The summed E-state index contributed by atoms with van der Waals surface area (Å²) in [6.07, 6.45) is 4.93. The smallest absolute Gasteiger partial charge is 0.256 e. The molecule has 0 fully saturated rings. The standard InChI is InChI=1S/C24H25FN2O2/c1-24(2,3)21-12-17(20-13-18(25)14-27-23(20)28)11-16(22(21)29-4)8-5-15-6-9-19(26)10-7-15/h5-14H,26H2,1-4H3,(H,27,28). The Balaban J connectivity index is 2.21. The molecule has 150 valence electrons. The number of aromatic nitrogens is 1. The normalized spacial score (nSPS) is 11.8. The zero-order valence-corrected chi connectivity index (χ0v) is 17.0. The SMILES string of the molecule is COc1c(C=Cc2ccc(N)cc2)cc(-c2cc(F)c[nH]c2=O)cc1C(C)(C)C. The van der Waals surface area contributed by atoms with E-state index in [1.165, 1.54) is 6.07 Å². The Morgan fingerprint density at radius 1 is 1.07 bits per heavy atom. The first-order chi connectivity index (χ1) is 13.7. The second kappa shape index (κ2) is 7.95. The van der Waals surface area contributed by atoms with Gasteiger partial charge in [0.25, 0.3) is 5.56 Å². The predicted octanol–water partition coefficient (Wildman–Crippen LogP) is 5.24. The van der Waals surface area contributed by atoms with Gasteiger partial charge in [0.05, 0.1) is 7.11 Å². The van der Waals surface area contributed by atoms with E-state index < -0.39 is 5.82 Å². The van der Waals surface area contributed by atoms with Crippen LogP contribution in [0.4, 0.5) is 10.1 Å². The van der Waals surface area contributed by atoms with E-state index in [1.807, 2.05) is 48.6 Å². The molecule has 0 amide bonds. The van der Waals surface area contributed by atoms with Crippen LogP contribution >= 0.6 is 0 Å². The largest absolute Gasteiger partial charge is 0.496 e. The number of rotatable bonds is 4. The molecule has 29 heavy (non-hydrogen) atoms. The monoisotopic (exact) mass is 392 g/mol. The molecule has 0 aliphatic rings. The molecule has 3 rings (SSSR count). The van der Waals surface area contributed by atoms with E-state index in [-0.39, 0.29) is 16.5 Å². The lowest BCUT2D eigenvalue weighted by Gasteiger charge is -2.24. The van der Waals surface area contributed by atoms with Crippen molar-refractivity contribution in [3.05, 3.63) is 81.5 Å². The van der Waals surface area contributed by atoms with Crippen LogP contribution in [0.5, 0.6) is 5.75 Å². The van der Waals surface area contributed by atoms with E-state index in [0.717, 1.165) is 28.6 Å². The molecular formula is C24H25FN2O2. The third-order valence-electron chi connectivity index (χ3n) is 4.70. The minimum atomic E-state index is -0.494. The van der Waals surface area contributed by atoms with Crippen molar-refractivity contribution in [2.75, 3.05) is 12.8 Å². The number of hydrogen-bond donors (Lipinski definition) is 2. The molecule has 4 nitrogen and oxygen atoms in total. The fourth-order valence-electron chi connectivity index (χ4n) is 3.18. The molecule has 0 atom stereocenters. The van der Waals surface area contributed by atoms with Crippen LogP contribution in [0, 0.1) is 5.82 Å². The van der Waals surface area contributed by atoms with Crippen LogP contribution in [0.15, 0.2) is 53.5 Å². The van der Waals surface area contributed by atoms with Crippen molar-refractivity contribution in [3.8, 4) is 16.9 Å². The molecule has 2 aromatic carbocycles. The summed E-state index contributed by atoms with van der Waals surface area (Å²) in [6, 6.07) is 12.5. The van der Waals surface area contributed by atoms with E-state index in [4.69, 9.17) is 10.5 Å². The van der Waals surface area contributed by atoms with Gasteiger partial charge in [0.1, 0.15) is 11.6 Å². The van der Waals surface area contributed by atoms with Crippen LogP contribution in [0.2, 0.25) is 0 Å². The molecule has 3 aromatic rings. The Morgan fingerprint density at radius 2 is 1.76 bits per heavy atom. The number of nitrogens with one attached hydrogen (secondary N) is 1. The van der Waals surface area contributed by atoms with Crippen molar-refractivity contribution in [2.24, 2.45) is 0 Å². The van der Waals surface area contributed by atoms with E-state index >= 15 is 0 Å². The van der Waals surface area contributed by atoms with Gasteiger partial charge in [0.15, 0.2) is 0 Å². The number of H-pyrrole nitrogens is 1. The quantitative estimate of drug-likeness (QED) is 0.471. The summed E-state index contributed by atoms with van der Waals surface area (Å²) >= 11 is 0. The van der Waals surface area contributed by atoms with Crippen LogP contribution in [0.1, 0.15) is 37.5 Å². The van der Waals surface area contributed by atoms with Crippen LogP contribution in [0.3, 0.4) is 0 Å². The van der Waals surface area contributed by atoms with Gasteiger partial charge >= 0.3 is 0 Å². The fraction of sp³-hybridized carbons (Fsp3) is 0.208. The Kier molecular flexibility index (Phi) is 5.59. The van der Waals surface area contributed by atoms with Crippen molar-refractivity contribution >= 4 is 17.8 Å². The molecule has 0 saturated heterocycles. The van der Waals surface area contributed by atoms with Gasteiger partial charge in [-0.15, -0.1) is 0 Å². The number of ether oxygens (including phenoxy) is 1. The molecule has 0 unspecified atom stereocenters. The van der Waals surface area contributed by atoms with Crippen LogP contribution in [-0.2, 0) is 5.41 Å². The first-order valence-electron chi connectivity index (χ1n) is 9.34. The molecule has 1 heterocycles. The Morgan fingerprint density at radius 3 is 2.38 bits per heavy atom. The Bertz CT molecular complexity index is 1110. The summed E-state index contributed by atoms with van der Waals surface area (Å²) in [5, 5.41) is 0. The van der Waals surface area contributed by atoms with E-state index in [9.17, 15) is 9.18 Å². The van der Waals surface area contributed by atoms with Crippen molar-refractivity contribution in [1.29, 1.82) is 0 Å². The maximum Gasteiger partial charge on any atom is 0.256 e. The van der Waals surface area contributed by atoms with Gasteiger partial charge in [0, 0.05) is 28.6 Å². The lowest BCUT2D eigenvalue weighted by Crippen LogP contribution is -2.15. The zero-order valence-electron chi connectivity index (χ0n) is 17.0. The molecular weight excluding hydrogens is 367 g/mol. The maximum atomic E-state index is 13.8. The van der Waals surface area contributed by atoms with Crippen molar-refractivity contribution in [2.45, 2.75) is 26.2 Å². The summed E-state index contributed by atoms with van der Waals surface area (Å²) in [5.41, 5.74) is 9.48. The van der Waals surface area contributed by atoms with Crippen molar-refractivity contribution in [3.63, 3.8) is 0 Å². The Labute approximate surface area is 169 Å². The van der Waals surface area contributed by atoms with Crippen molar-refractivity contribution < 1.29 is 9.13 Å². The number of halogens is 1. The average Bonchev–Trinajstić information content (AvgIpc) is 2.68. The number of nitrogens with two attached hydrogens (primary N) is 1. The van der Waals surface area contributed by atoms with Gasteiger partial charge < -0.3 is 15.5 Å². The van der Waals surface area contributed by atoms with Gasteiger partial charge in [-0.05, 0) is 46.9 Å². The van der Waals surface area contributed by atoms with Gasteiger partial charge in [0.2, 0.25) is 0 Å². The molecule has 0 aliphatic carbocycles. The lowest BCUT2D eigenvalue weighted by atomic mass is 9.83. The third kappa shape index (κ3) is 4.57. The van der Waals surface area contributed by atoms with Gasteiger partial charge in [-0.3, -0.25) is 4.79 Å². The molecule has 1 aromatic heterocycles. The third-order valence-corrected chi connectivity index (χ3v) is 4.70. The number of hydrogen-bond acceptors (Lipinski definition) is 3.